The molecule has 24 heavy (non-hydrogen) atoms. The van der Waals surface area contributed by atoms with Gasteiger partial charge >= 0.3 is 0 Å². The maximum atomic E-state index is 12.0. The molecular formula is C15H20N6O3. The third-order valence-electron chi connectivity index (χ3n) is 3.79. The summed E-state index contributed by atoms with van der Waals surface area (Å²) in [6, 6.07) is 4.51. The summed E-state index contributed by atoms with van der Waals surface area (Å²) >= 11 is 0. The Morgan fingerprint density at radius 3 is 2.92 bits per heavy atom. The maximum Gasteiger partial charge on any atom is 0.243 e. The molecule has 1 saturated carbocycles. The molecule has 9 nitrogen and oxygen atoms in total. The number of hydrogen-bond donors (Lipinski definition) is 2. The first-order valence-corrected chi connectivity index (χ1v) is 7.66. The minimum atomic E-state index is -0.740. The van der Waals surface area contributed by atoms with Gasteiger partial charge in [0.2, 0.25) is 5.91 Å². The fourth-order valence-corrected chi connectivity index (χ4v) is 2.39. The molecule has 3 rings (SSSR count). The van der Waals surface area contributed by atoms with Crippen molar-refractivity contribution in [1.29, 1.82) is 0 Å². The van der Waals surface area contributed by atoms with Gasteiger partial charge in [0.15, 0.2) is 5.82 Å². The fraction of sp³-hybridized carbons (Fsp3) is 0.467. The molecule has 0 bridgehead atoms. The third kappa shape index (κ3) is 3.36. The van der Waals surface area contributed by atoms with Gasteiger partial charge in [-0.2, -0.15) is 4.68 Å². The molecule has 3 N–H and O–H groups in total. The summed E-state index contributed by atoms with van der Waals surface area (Å²) < 4.78 is 11.9. The minimum Gasteiger partial charge on any atom is -0.494 e. The minimum absolute atomic E-state index is 0.146. The first-order valence-electron chi connectivity index (χ1n) is 7.66. The molecule has 1 amide bonds. The van der Waals surface area contributed by atoms with Crippen molar-refractivity contribution in [2.24, 2.45) is 5.73 Å². The van der Waals surface area contributed by atoms with Gasteiger partial charge in [0.25, 0.3) is 0 Å². The maximum absolute atomic E-state index is 12.0. The van der Waals surface area contributed by atoms with Crippen molar-refractivity contribution < 1.29 is 14.3 Å². The molecule has 2 aromatic rings. The number of nitrogens with two attached hydrogens (primary N) is 1. The van der Waals surface area contributed by atoms with Gasteiger partial charge in [0.05, 0.1) is 13.7 Å². The monoisotopic (exact) mass is 332 g/mol. The molecule has 0 saturated heterocycles. The molecule has 1 atom stereocenters. The number of hydrogen-bond acceptors (Lipinski definition) is 7. The number of amides is 1. The summed E-state index contributed by atoms with van der Waals surface area (Å²) in [6.07, 6.45) is 2.15. The Morgan fingerprint density at radius 2 is 2.25 bits per heavy atom. The zero-order valence-corrected chi connectivity index (χ0v) is 13.6. The summed E-state index contributed by atoms with van der Waals surface area (Å²) in [7, 11) is 3.07. The zero-order chi connectivity index (χ0) is 17.1. The lowest BCUT2D eigenvalue weighted by atomic mass is 10.2. The third-order valence-corrected chi connectivity index (χ3v) is 3.79. The van der Waals surface area contributed by atoms with E-state index in [2.05, 4.69) is 20.8 Å². The van der Waals surface area contributed by atoms with E-state index < -0.39 is 6.04 Å². The van der Waals surface area contributed by atoms with Crippen LogP contribution in [0.3, 0.4) is 0 Å². The van der Waals surface area contributed by atoms with Gasteiger partial charge in [0, 0.05) is 18.7 Å². The second-order valence-electron chi connectivity index (χ2n) is 5.66. The Bertz CT molecular complexity index is 728. The Morgan fingerprint density at radius 1 is 1.46 bits per heavy atom. The lowest BCUT2D eigenvalue weighted by Gasteiger charge is -2.14. The van der Waals surface area contributed by atoms with Crippen molar-refractivity contribution in [2.75, 3.05) is 26.1 Å². The van der Waals surface area contributed by atoms with Crippen LogP contribution in [-0.4, -0.2) is 53.0 Å². The Balaban J connectivity index is 1.88. The van der Waals surface area contributed by atoms with E-state index in [4.69, 9.17) is 15.2 Å². The van der Waals surface area contributed by atoms with Gasteiger partial charge in [-0.1, -0.05) is 0 Å². The normalized spacial score (nSPS) is 15.1. The fourth-order valence-electron chi connectivity index (χ4n) is 2.39. The highest BCUT2D eigenvalue weighted by molar-refractivity contribution is 5.95. The molecule has 1 heterocycles. The number of aromatic nitrogens is 4. The standard InChI is InChI=1S/C15H20N6O3/c1-23-8-11(16)15(22)17-10-5-6-13(24-2)12(7-10)21-14(9-3-4-9)18-19-20-21/h5-7,9,11H,3-4,8,16H2,1-2H3,(H,17,22). The van der Waals surface area contributed by atoms with Crippen molar-refractivity contribution in [3.05, 3.63) is 24.0 Å². The van der Waals surface area contributed by atoms with E-state index >= 15 is 0 Å². The number of rotatable bonds is 7. The van der Waals surface area contributed by atoms with Crippen molar-refractivity contribution in [2.45, 2.75) is 24.8 Å². The SMILES string of the molecule is COCC(N)C(=O)Nc1ccc(OC)c(-n2nnnc2C2CC2)c1. The molecule has 1 fully saturated rings. The van der Waals surface area contributed by atoms with Crippen LogP contribution in [0, 0.1) is 0 Å². The van der Waals surface area contributed by atoms with E-state index in [1.807, 2.05) is 0 Å². The first-order chi connectivity index (χ1) is 11.6. The van der Waals surface area contributed by atoms with Crippen molar-refractivity contribution >= 4 is 11.6 Å². The van der Waals surface area contributed by atoms with Crippen LogP contribution in [0.5, 0.6) is 5.75 Å². The predicted molar refractivity (Wildman–Crippen MR) is 86.2 cm³/mol. The average Bonchev–Trinajstić information content (AvgIpc) is 3.31. The molecule has 1 aromatic heterocycles. The largest absolute Gasteiger partial charge is 0.494 e. The van der Waals surface area contributed by atoms with Crippen LogP contribution in [0.25, 0.3) is 5.69 Å². The lowest BCUT2D eigenvalue weighted by molar-refractivity contribution is -0.118. The van der Waals surface area contributed by atoms with E-state index in [-0.39, 0.29) is 12.5 Å². The zero-order valence-electron chi connectivity index (χ0n) is 13.6. The van der Waals surface area contributed by atoms with Crippen LogP contribution < -0.4 is 15.8 Å². The highest BCUT2D eigenvalue weighted by atomic mass is 16.5. The number of anilines is 1. The van der Waals surface area contributed by atoms with Gasteiger partial charge in [0.1, 0.15) is 17.5 Å². The summed E-state index contributed by atoms with van der Waals surface area (Å²) in [5.41, 5.74) is 6.99. The quantitative estimate of drug-likeness (QED) is 0.756. The number of carbonyl (C=O) groups is 1. The van der Waals surface area contributed by atoms with Crippen LogP contribution in [0.2, 0.25) is 0 Å². The second kappa shape index (κ2) is 6.93. The number of ether oxygens (including phenoxy) is 2. The molecule has 1 unspecified atom stereocenters. The number of benzene rings is 1. The van der Waals surface area contributed by atoms with Crippen molar-refractivity contribution in [3.8, 4) is 11.4 Å². The van der Waals surface area contributed by atoms with E-state index in [1.165, 1.54) is 7.11 Å². The number of nitrogens with zero attached hydrogens (tertiary/aromatic N) is 4. The van der Waals surface area contributed by atoms with Gasteiger partial charge in [-0.3, -0.25) is 4.79 Å². The van der Waals surface area contributed by atoms with Crippen LogP contribution >= 0.6 is 0 Å². The van der Waals surface area contributed by atoms with E-state index in [1.54, 1.807) is 30.0 Å². The smallest absolute Gasteiger partial charge is 0.243 e. The highest BCUT2D eigenvalue weighted by Gasteiger charge is 2.30. The van der Waals surface area contributed by atoms with Gasteiger partial charge < -0.3 is 20.5 Å². The molecule has 0 aliphatic heterocycles. The number of methoxy groups -OCH3 is 2. The Hall–Kier alpha value is -2.52. The molecular weight excluding hydrogens is 312 g/mol. The average molecular weight is 332 g/mol. The molecule has 1 aliphatic carbocycles. The van der Waals surface area contributed by atoms with Gasteiger partial charge in [-0.25, -0.2) is 0 Å². The van der Waals surface area contributed by atoms with Crippen LogP contribution in [-0.2, 0) is 9.53 Å². The van der Waals surface area contributed by atoms with E-state index in [0.717, 1.165) is 18.7 Å². The summed E-state index contributed by atoms with van der Waals surface area (Å²) in [5.74, 6) is 1.46. The lowest BCUT2D eigenvalue weighted by Crippen LogP contribution is -2.39. The molecule has 1 aliphatic rings. The van der Waals surface area contributed by atoms with Gasteiger partial charge in [-0.05, 0) is 41.5 Å². The van der Waals surface area contributed by atoms with Crippen LogP contribution in [0.4, 0.5) is 5.69 Å². The number of carbonyl (C=O) groups excluding carboxylic acids is 1. The van der Waals surface area contributed by atoms with Crippen molar-refractivity contribution in [3.63, 3.8) is 0 Å². The summed E-state index contributed by atoms with van der Waals surface area (Å²) in [5, 5.41) is 14.7. The highest BCUT2D eigenvalue weighted by Crippen LogP contribution is 2.40. The predicted octanol–water partition coefficient (Wildman–Crippen LogP) is 0.460. The van der Waals surface area contributed by atoms with E-state index in [0.29, 0.717) is 23.0 Å². The van der Waals surface area contributed by atoms with Crippen LogP contribution in [0.15, 0.2) is 18.2 Å². The van der Waals surface area contributed by atoms with E-state index in [9.17, 15) is 4.79 Å². The topological polar surface area (TPSA) is 117 Å². The first kappa shape index (κ1) is 16.3. The number of tetrazole rings is 1. The molecule has 0 spiro atoms. The molecule has 0 radical (unpaired) electrons. The molecule has 128 valence electrons. The summed E-state index contributed by atoms with van der Waals surface area (Å²) in [6.45, 7) is 0.146. The Labute approximate surface area is 139 Å². The Kier molecular flexibility index (Phi) is 4.72. The second-order valence-corrected chi connectivity index (χ2v) is 5.66. The number of nitrogens with one attached hydrogen (secondary N) is 1. The van der Waals surface area contributed by atoms with Crippen molar-refractivity contribution in [1.82, 2.24) is 20.2 Å². The molecule has 1 aromatic carbocycles. The summed E-state index contributed by atoms with van der Waals surface area (Å²) in [4.78, 5) is 12.0. The van der Waals surface area contributed by atoms with Gasteiger partial charge in [-0.15, -0.1) is 5.10 Å². The molecule has 9 heteroatoms. The van der Waals surface area contributed by atoms with Crippen LogP contribution in [0.1, 0.15) is 24.6 Å².